The van der Waals surface area contributed by atoms with E-state index in [-0.39, 0.29) is 17.8 Å². The fourth-order valence-electron chi connectivity index (χ4n) is 4.46. The molecule has 0 radical (unpaired) electrons. The number of thioether (sulfide) groups is 1. The fraction of sp³-hybridized carbons (Fsp3) is 0.321. The highest BCUT2D eigenvalue weighted by atomic mass is 32.2. The number of para-hydroxylation sites is 1. The van der Waals surface area contributed by atoms with Crippen molar-refractivity contribution in [2.24, 2.45) is 5.92 Å². The lowest BCUT2D eigenvalue weighted by molar-refractivity contribution is -0.149. The highest BCUT2D eigenvalue weighted by Crippen LogP contribution is 2.32. The zero-order valence-electron chi connectivity index (χ0n) is 21.8. The first-order valence-electron chi connectivity index (χ1n) is 12.8. The highest BCUT2D eigenvalue weighted by molar-refractivity contribution is 7.98. The monoisotopic (exact) mass is 563 g/mol. The number of hydrogen-bond donors (Lipinski definition) is 0. The summed E-state index contributed by atoms with van der Waals surface area (Å²) in [4.78, 5) is 31.4. The van der Waals surface area contributed by atoms with E-state index < -0.39 is 0 Å². The van der Waals surface area contributed by atoms with E-state index in [1.807, 2.05) is 59.2 Å². The second-order valence-corrected chi connectivity index (χ2v) is 10.8. The van der Waals surface area contributed by atoms with Gasteiger partial charge >= 0.3 is 5.97 Å². The number of ether oxygens (including phenoxy) is 2. The Morgan fingerprint density at radius 1 is 1.08 bits per heavy atom. The first-order chi connectivity index (χ1) is 19.1. The van der Waals surface area contributed by atoms with Gasteiger partial charge in [0.1, 0.15) is 16.5 Å². The van der Waals surface area contributed by atoms with Crippen LogP contribution in [0.25, 0.3) is 17.1 Å². The predicted molar refractivity (Wildman–Crippen MR) is 150 cm³/mol. The van der Waals surface area contributed by atoms with E-state index in [9.17, 15) is 9.59 Å². The number of nitrogens with zero attached hydrogens (tertiary/aromatic N) is 5. The van der Waals surface area contributed by atoms with Gasteiger partial charge in [-0.3, -0.25) is 14.2 Å². The lowest BCUT2D eigenvalue weighted by atomic mass is 9.97. The van der Waals surface area contributed by atoms with E-state index in [2.05, 4.69) is 15.2 Å². The molecule has 1 saturated heterocycles. The molecule has 2 aromatic carbocycles. The molecule has 0 bridgehead atoms. The quantitative estimate of drug-likeness (QED) is 0.205. The molecule has 4 aromatic rings. The SMILES string of the molecule is CCOC(=O)C1CCN(C(=O)c2csc(CSc3nnc(-c4cccc(OC)c4)n3-c3ccccc3)n2)CC1. The summed E-state index contributed by atoms with van der Waals surface area (Å²) in [5, 5.41) is 12.3. The molecule has 0 N–H and O–H groups in total. The standard InChI is InChI=1S/C28H29N5O4S2/c1-3-37-27(35)19-12-14-32(15-13-19)26(34)23-17-38-24(29-23)18-39-28-31-30-25(20-8-7-11-22(16-20)36-2)33(28)21-9-5-4-6-10-21/h4-11,16-17,19H,3,12-15,18H2,1-2H3. The highest BCUT2D eigenvalue weighted by Gasteiger charge is 2.29. The van der Waals surface area contributed by atoms with Crippen LogP contribution < -0.4 is 4.74 Å². The summed E-state index contributed by atoms with van der Waals surface area (Å²) in [5.74, 6) is 1.60. The van der Waals surface area contributed by atoms with Crippen LogP contribution in [0.1, 0.15) is 35.3 Å². The number of piperidine rings is 1. The second kappa shape index (κ2) is 12.4. The van der Waals surface area contributed by atoms with Crippen LogP contribution in [0.4, 0.5) is 0 Å². The lowest BCUT2D eigenvalue weighted by Crippen LogP contribution is -2.40. The molecular formula is C28H29N5O4S2. The Labute approximate surface area is 235 Å². The van der Waals surface area contributed by atoms with Crippen molar-refractivity contribution in [1.29, 1.82) is 0 Å². The average Bonchev–Trinajstić information content (AvgIpc) is 3.64. The average molecular weight is 564 g/mol. The van der Waals surface area contributed by atoms with Crippen molar-refractivity contribution in [3.05, 3.63) is 70.7 Å². The molecule has 1 fully saturated rings. The van der Waals surface area contributed by atoms with Gasteiger partial charge < -0.3 is 14.4 Å². The summed E-state index contributed by atoms with van der Waals surface area (Å²) in [6.45, 7) is 3.23. The number of likely N-dealkylation sites (tertiary alicyclic amines) is 1. The summed E-state index contributed by atoms with van der Waals surface area (Å²) >= 11 is 2.97. The second-order valence-electron chi connectivity index (χ2n) is 8.94. The van der Waals surface area contributed by atoms with E-state index >= 15 is 0 Å². The lowest BCUT2D eigenvalue weighted by Gasteiger charge is -2.30. The number of thiazole rings is 1. The van der Waals surface area contributed by atoms with Crippen LogP contribution in [0.5, 0.6) is 5.75 Å². The number of rotatable bonds is 9. The van der Waals surface area contributed by atoms with Gasteiger partial charge in [-0.1, -0.05) is 42.1 Å². The minimum atomic E-state index is -0.171. The number of aromatic nitrogens is 4. The van der Waals surface area contributed by atoms with Gasteiger partial charge in [0.05, 0.1) is 25.4 Å². The zero-order chi connectivity index (χ0) is 27.2. The molecule has 0 unspecified atom stereocenters. The van der Waals surface area contributed by atoms with Gasteiger partial charge in [0.25, 0.3) is 5.91 Å². The molecule has 1 aliphatic heterocycles. The Balaban J connectivity index is 1.29. The molecule has 39 heavy (non-hydrogen) atoms. The van der Waals surface area contributed by atoms with Crippen molar-refractivity contribution in [2.45, 2.75) is 30.7 Å². The van der Waals surface area contributed by atoms with Gasteiger partial charge in [0, 0.05) is 29.7 Å². The Morgan fingerprint density at radius 2 is 1.87 bits per heavy atom. The van der Waals surface area contributed by atoms with Crippen molar-refractivity contribution >= 4 is 35.0 Å². The van der Waals surface area contributed by atoms with Crippen LogP contribution in [0, 0.1) is 5.92 Å². The van der Waals surface area contributed by atoms with Crippen molar-refractivity contribution in [1.82, 2.24) is 24.6 Å². The minimum absolute atomic E-state index is 0.0995. The molecule has 9 nitrogen and oxygen atoms in total. The number of methoxy groups -OCH3 is 1. The third-order valence-electron chi connectivity index (χ3n) is 6.47. The van der Waals surface area contributed by atoms with Crippen LogP contribution in [0.15, 0.2) is 65.1 Å². The Hall–Kier alpha value is -3.70. The summed E-state index contributed by atoms with van der Waals surface area (Å²) in [7, 11) is 1.64. The van der Waals surface area contributed by atoms with E-state index in [4.69, 9.17) is 9.47 Å². The maximum Gasteiger partial charge on any atom is 0.309 e. The van der Waals surface area contributed by atoms with E-state index in [0.717, 1.165) is 27.2 Å². The molecule has 202 valence electrons. The van der Waals surface area contributed by atoms with Crippen LogP contribution in [0.3, 0.4) is 0 Å². The number of benzene rings is 2. The number of esters is 1. The number of amides is 1. The van der Waals surface area contributed by atoms with Gasteiger partial charge in [-0.05, 0) is 44.0 Å². The normalized spacial score (nSPS) is 13.8. The summed E-state index contributed by atoms with van der Waals surface area (Å²) < 4.78 is 12.6. The van der Waals surface area contributed by atoms with Crippen LogP contribution in [-0.2, 0) is 15.3 Å². The topological polar surface area (TPSA) is 99.4 Å². The number of hydrogen-bond acceptors (Lipinski definition) is 9. The summed E-state index contributed by atoms with van der Waals surface area (Å²) in [6, 6.07) is 17.7. The largest absolute Gasteiger partial charge is 0.497 e. The van der Waals surface area contributed by atoms with E-state index in [1.54, 1.807) is 24.3 Å². The Bertz CT molecular complexity index is 1430. The Morgan fingerprint density at radius 3 is 2.62 bits per heavy atom. The molecule has 0 saturated carbocycles. The third-order valence-corrected chi connectivity index (χ3v) is 8.45. The molecular weight excluding hydrogens is 534 g/mol. The molecule has 1 aliphatic rings. The van der Waals surface area contributed by atoms with Crippen LogP contribution in [-0.4, -0.2) is 63.3 Å². The fourth-order valence-corrected chi connectivity index (χ4v) is 6.20. The van der Waals surface area contributed by atoms with Crippen molar-refractivity contribution < 1.29 is 19.1 Å². The summed E-state index contributed by atoms with van der Waals surface area (Å²) in [5.41, 5.74) is 2.28. The number of carbonyl (C=O) groups excluding carboxylic acids is 2. The molecule has 2 aromatic heterocycles. The van der Waals surface area contributed by atoms with Crippen LogP contribution >= 0.6 is 23.1 Å². The Kier molecular flexibility index (Phi) is 8.58. The maximum atomic E-state index is 13.1. The molecule has 1 amide bonds. The smallest absolute Gasteiger partial charge is 0.309 e. The van der Waals surface area contributed by atoms with E-state index in [1.165, 1.54) is 23.1 Å². The van der Waals surface area contributed by atoms with Gasteiger partial charge in [-0.15, -0.1) is 21.5 Å². The van der Waals surface area contributed by atoms with Gasteiger partial charge in [-0.25, -0.2) is 4.98 Å². The molecule has 0 atom stereocenters. The zero-order valence-corrected chi connectivity index (χ0v) is 23.4. The van der Waals surface area contributed by atoms with Gasteiger partial charge in [0.2, 0.25) is 0 Å². The van der Waals surface area contributed by atoms with Crippen molar-refractivity contribution in [3.8, 4) is 22.8 Å². The number of carbonyl (C=O) groups is 2. The molecule has 3 heterocycles. The molecule has 11 heteroatoms. The minimum Gasteiger partial charge on any atom is -0.497 e. The predicted octanol–water partition coefficient (Wildman–Crippen LogP) is 5.11. The van der Waals surface area contributed by atoms with Crippen LogP contribution in [0.2, 0.25) is 0 Å². The van der Waals surface area contributed by atoms with Crippen molar-refractivity contribution in [2.75, 3.05) is 26.8 Å². The summed E-state index contributed by atoms with van der Waals surface area (Å²) in [6.07, 6.45) is 1.23. The molecule has 0 spiro atoms. The molecule has 0 aliphatic carbocycles. The van der Waals surface area contributed by atoms with Gasteiger partial charge in [0.15, 0.2) is 11.0 Å². The molecule has 5 rings (SSSR count). The first kappa shape index (κ1) is 26.9. The maximum absolute atomic E-state index is 13.1. The van der Waals surface area contributed by atoms with E-state index in [0.29, 0.717) is 49.8 Å². The van der Waals surface area contributed by atoms with Crippen molar-refractivity contribution in [3.63, 3.8) is 0 Å². The van der Waals surface area contributed by atoms with Gasteiger partial charge in [-0.2, -0.15) is 0 Å². The third kappa shape index (κ3) is 6.15. The first-order valence-corrected chi connectivity index (χ1v) is 14.6.